The number of benzene rings is 2. The first kappa shape index (κ1) is 35.7. The first-order valence-electron chi connectivity index (χ1n) is 14.4. The summed E-state index contributed by atoms with van der Waals surface area (Å²) >= 11 is 0. The van der Waals surface area contributed by atoms with E-state index < -0.39 is 42.0 Å². The molecule has 2 aromatic rings. The highest BCUT2D eigenvalue weighted by Crippen LogP contribution is 2.48. The fourth-order valence-electron chi connectivity index (χ4n) is 4.34. The van der Waals surface area contributed by atoms with Crippen LogP contribution in [0.4, 0.5) is 18.9 Å². The zero-order valence-corrected chi connectivity index (χ0v) is 27.2. The molecule has 2 aromatic carbocycles. The van der Waals surface area contributed by atoms with Crippen molar-refractivity contribution < 1.29 is 41.1 Å². The number of rotatable bonds is 14. The highest BCUT2D eigenvalue weighted by atomic mass is 31.2. The first-order chi connectivity index (χ1) is 20.3. The maximum Gasteiger partial charge on any atom is 0.419 e. The Morgan fingerprint density at radius 1 is 1.00 bits per heavy atom. The minimum absolute atomic E-state index is 0.0210. The summed E-state index contributed by atoms with van der Waals surface area (Å²) in [4.78, 5) is 15.2. The van der Waals surface area contributed by atoms with Gasteiger partial charge in [-0.3, -0.25) is 10.1 Å². The number of hydrogen-bond donors (Lipinski definition) is 0. The van der Waals surface area contributed by atoms with E-state index in [-0.39, 0.29) is 37.7 Å². The Hall–Kier alpha value is -2.79. The summed E-state index contributed by atoms with van der Waals surface area (Å²) in [6.45, 7) is 13.5. The van der Waals surface area contributed by atoms with Crippen LogP contribution in [0.15, 0.2) is 47.5 Å². The van der Waals surface area contributed by atoms with E-state index in [0.29, 0.717) is 36.3 Å². The van der Waals surface area contributed by atoms with Crippen LogP contribution in [0.3, 0.4) is 0 Å². The second kappa shape index (κ2) is 14.5. The van der Waals surface area contributed by atoms with E-state index >= 15 is 0 Å². The molecule has 0 fully saturated rings. The molecule has 0 aliphatic carbocycles. The summed E-state index contributed by atoms with van der Waals surface area (Å²) < 4.78 is 71.5. The van der Waals surface area contributed by atoms with Gasteiger partial charge in [0.15, 0.2) is 5.90 Å². The minimum Gasteiger partial charge on any atom is -0.493 e. The molecule has 0 saturated carbocycles. The molecule has 0 N–H and O–H groups in total. The normalized spacial score (nSPS) is 17.5. The lowest BCUT2D eigenvalue weighted by Gasteiger charge is -2.32. The van der Waals surface area contributed by atoms with Crippen molar-refractivity contribution in [1.29, 1.82) is 0 Å². The maximum absolute atomic E-state index is 14.0. The molecular weight excluding hydrogens is 600 g/mol. The van der Waals surface area contributed by atoms with Gasteiger partial charge in [0.25, 0.3) is 5.69 Å². The van der Waals surface area contributed by atoms with Crippen LogP contribution in [0, 0.1) is 10.1 Å². The van der Waals surface area contributed by atoms with Crippen molar-refractivity contribution in [1.82, 2.24) is 0 Å². The predicted octanol–water partition coefficient (Wildman–Crippen LogP) is 8.62. The number of hydrogen-bond acceptors (Lipinski definition) is 8. The molecule has 13 heteroatoms. The van der Waals surface area contributed by atoms with Crippen LogP contribution >= 0.6 is 8.60 Å². The van der Waals surface area contributed by atoms with Crippen LogP contribution < -0.4 is 4.74 Å². The molecule has 0 spiro atoms. The zero-order valence-electron chi connectivity index (χ0n) is 26.3. The van der Waals surface area contributed by atoms with Crippen LogP contribution in [0.1, 0.15) is 78.0 Å². The molecular formula is C31H42F3N2O7P. The molecule has 1 atom stereocenters. The molecule has 3 rings (SSSR count). The van der Waals surface area contributed by atoms with E-state index in [1.54, 1.807) is 25.1 Å². The van der Waals surface area contributed by atoms with Gasteiger partial charge in [-0.2, -0.15) is 13.2 Å². The predicted molar refractivity (Wildman–Crippen MR) is 163 cm³/mol. The highest BCUT2D eigenvalue weighted by Gasteiger charge is 2.39. The molecule has 0 aromatic heterocycles. The summed E-state index contributed by atoms with van der Waals surface area (Å²) in [5, 5.41) is 11.0. The van der Waals surface area contributed by atoms with Crippen LogP contribution in [-0.2, 0) is 37.3 Å². The van der Waals surface area contributed by atoms with E-state index in [4.69, 9.17) is 23.0 Å². The summed E-state index contributed by atoms with van der Waals surface area (Å²) in [6, 6.07) is 10.2. The van der Waals surface area contributed by atoms with Gasteiger partial charge in [-0.15, -0.1) is 0 Å². The number of aryl methyl sites for hydroxylation is 2. The number of non-ortho nitro benzene ring substituents is 1. The number of aliphatic imine (C=N–C) groups is 1. The molecule has 244 valence electrons. The van der Waals surface area contributed by atoms with Gasteiger partial charge in [-0.1, -0.05) is 18.2 Å². The Morgan fingerprint density at radius 3 is 2.23 bits per heavy atom. The largest absolute Gasteiger partial charge is 0.493 e. The molecule has 44 heavy (non-hydrogen) atoms. The lowest BCUT2D eigenvalue weighted by Crippen LogP contribution is -2.35. The van der Waals surface area contributed by atoms with Crippen molar-refractivity contribution >= 4 is 20.2 Å². The molecule has 0 radical (unpaired) electrons. The van der Waals surface area contributed by atoms with E-state index in [0.717, 1.165) is 6.07 Å². The van der Waals surface area contributed by atoms with Gasteiger partial charge in [0.1, 0.15) is 17.9 Å². The van der Waals surface area contributed by atoms with Crippen LogP contribution in [0.25, 0.3) is 0 Å². The SMILES string of the molecule is CC1=NC(CCc2ccc(OCCCc3cccc([N+](=O)[O-])c3)c(C(F)(F)F)c2)(COP(OC(C)(C)C)OC(C)(C)C)CO1. The first-order valence-corrected chi connectivity index (χ1v) is 15.5. The average Bonchev–Trinajstić information content (AvgIpc) is 3.27. The Balaban J connectivity index is 1.67. The van der Waals surface area contributed by atoms with E-state index in [1.165, 1.54) is 18.2 Å². The van der Waals surface area contributed by atoms with Gasteiger partial charge < -0.3 is 23.0 Å². The third-order valence-corrected chi connectivity index (χ3v) is 8.03. The molecule has 1 heterocycles. The van der Waals surface area contributed by atoms with Gasteiger partial charge in [0.05, 0.1) is 34.9 Å². The molecule has 0 bridgehead atoms. The summed E-state index contributed by atoms with van der Waals surface area (Å²) in [5.41, 5.74) is -1.56. The molecule has 1 unspecified atom stereocenters. The second-order valence-corrected chi connectivity index (χ2v) is 13.8. The third kappa shape index (κ3) is 11.6. The molecule has 1 aliphatic rings. The quantitative estimate of drug-likeness (QED) is 0.0880. The number of alkyl halides is 3. The van der Waals surface area contributed by atoms with Gasteiger partial charge in [-0.05, 0) is 90.5 Å². The number of nitro groups is 1. The number of halogens is 3. The smallest absolute Gasteiger partial charge is 0.419 e. The van der Waals surface area contributed by atoms with Crippen molar-refractivity contribution in [2.75, 3.05) is 19.8 Å². The minimum atomic E-state index is -4.62. The van der Waals surface area contributed by atoms with Gasteiger partial charge in [-0.25, -0.2) is 4.99 Å². The third-order valence-electron chi connectivity index (χ3n) is 6.30. The van der Waals surface area contributed by atoms with Crippen molar-refractivity contribution in [3.05, 3.63) is 69.3 Å². The summed E-state index contributed by atoms with van der Waals surface area (Å²) in [5.74, 6) is 0.219. The Bertz CT molecular complexity index is 1290. The molecule has 1 aliphatic heterocycles. The van der Waals surface area contributed by atoms with Crippen molar-refractivity contribution in [3.63, 3.8) is 0 Å². The molecule has 9 nitrogen and oxygen atoms in total. The number of nitrogens with zero attached hydrogens (tertiary/aromatic N) is 2. The zero-order chi connectivity index (χ0) is 32.8. The van der Waals surface area contributed by atoms with E-state index in [1.807, 2.05) is 41.5 Å². The van der Waals surface area contributed by atoms with Crippen molar-refractivity contribution in [3.8, 4) is 5.75 Å². The standard InChI is InChI=1S/C31H42F3N2O7P/c1-22-35-30(20-40-22,21-41-44(42-28(2,3)4)43-29(5,6)7)16-15-24-13-14-27(26(19-24)31(32,33)34)39-17-9-11-23-10-8-12-25(18-23)36(37)38/h8,10,12-14,18-19H,9,11,15-17,20-21H2,1-7H3. The Kier molecular flexibility index (Phi) is 11.8. The lowest BCUT2D eigenvalue weighted by molar-refractivity contribution is -0.384. The van der Waals surface area contributed by atoms with Crippen LogP contribution in [0.5, 0.6) is 5.75 Å². The topological polar surface area (TPSA) is 102 Å². The van der Waals surface area contributed by atoms with Crippen molar-refractivity contribution in [2.45, 2.75) is 97.1 Å². The second-order valence-electron chi connectivity index (χ2n) is 12.8. The monoisotopic (exact) mass is 642 g/mol. The number of ether oxygens (including phenoxy) is 2. The number of nitro benzene ring substituents is 1. The maximum atomic E-state index is 14.0. The van der Waals surface area contributed by atoms with Crippen molar-refractivity contribution in [2.24, 2.45) is 4.99 Å². The van der Waals surface area contributed by atoms with E-state index in [2.05, 4.69) is 4.99 Å². The van der Waals surface area contributed by atoms with E-state index in [9.17, 15) is 23.3 Å². The van der Waals surface area contributed by atoms with Gasteiger partial charge >= 0.3 is 14.8 Å². The lowest BCUT2D eigenvalue weighted by atomic mass is 9.93. The Morgan fingerprint density at radius 2 is 1.66 bits per heavy atom. The highest BCUT2D eigenvalue weighted by molar-refractivity contribution is 7.41. The molecule has 0 amide bonds. The summed E-state index contributed by atoms with van der Waals surface area (Å²) in [6.07, 6.45) is -3.14. The summed E-state index contributed by atoms with van der Waals surface area (Å²) in [7, 11) is -1.74. The Labute approximate surface area is 258 Å². The molecule has 0 saturated heterocycles. The van der Waals surface area contributed by atoms with Crippen LogP contribution in [0.2, 0.25) is 0 Å². The fraction of sp³-hybridized carbons (Fsp3) is 0.581. The van der Waals surface area contributed by atoms with Gasteiger partial charge in [0.2, 0.25) is 0 Å². The van der Waals surface area contributed by atoms with Gasteiger partial charge in [0, 0.05) is 19.1 Å². The average molecular weight is 643 g/mol. The van der Waals surface area contributed by atoms with Crippen LogP contribution in [-0.4, -0.2) is 47.4 Å². The fourth-order valence-corrected chi connectivity index (χ4v) is 5.73.